The Balaban J connectivity index is 1.81. The van der Waals surface area contributed by atoms with Crippen LogP contribution in [0.1, 0.15) is 42.5 Å². The van der Waals surface area contributed by atoms with E-state index >= 15 is 0 Å². The first-order valence-corrected chi connectivity index (χ1v) is 16.8. The van der Waals surface area contributed by atoms with Gasteiger partial charge in [0.1, 0.15) is 12.6 Å². The van der Waals surface area contributed by atoms with E-state index in [1.807, 2.05) is 82.3 Å². The van der Waals surface area contributed by atoms with Gasteiger partial charge in [-0.15, -0.1) is 0 Å². The number of rotatable bonds is 13. The molecular weight excluding hydrogens is 606 g/mol. The number of carbonyl (C=O) groups is 2. The van der Waals surface area contributed by atoms with Crippen molar-refractivity contribution >= 4 is 39.1 Å². The van der Waals surface area contributed by atoms with Crippen molar-refractivity contribution in [3.8, 4) is 0 Å². The number of carbonyl (C=O) groups excluding carboxylic acids is 2. The minimum Gasteiger partial charge on any atom is -0.352 e. The van der Waals surface area contributed by atoms with Crippen molar-refractivity contribution in [2.24, 2.45) is 0 Å². The van der Waals surface area contributed by atoms with Gasteiger partial charge in [-0.25, -0.2) is 8.42 Å². The number of amides is 2. The predicted molar refractivity (Wildman–Crippen MR) is 181 cm³/mol. The SMILES string of the molecule is CCC(C)NC(=O)C(Cc1ccccc1)N(Cc1ccc(C)cc1)C(=O)CN(c1ccccc1Cl)S(=O)(=O)c1ccc(C)cc1. The number of para-hydroxylation sites is 1. The fourth-order valence-corrected chi connectivity index (χ4v) is 6.61. The summed E-state index contributed by atoms with van der Waals surface area (Å²) in [6, 6.07) is 29.2. The van der Waals surface area contributed by atoms with Gasteiger partial charge in [0, 0.05) is 19.0 Å². The first kappa shape index (κ1) is 33.7. The highest BCUT2D eigenvalue weighted by molar-refractivity contribution is 7.92. The molecule has 0 aliphatic carbocycles. The van der Waals surface area contributed by atoms with Crippen LogP contribution in [-0.4, -0.2) is 43.8 Å². The molecule has 0 aliphatic rings. The topological polar surface area (TPSA) is 86.8 Å². The van der Waals surface area contributed by atoms with E-state index in [0.29, 0.717) is 6.42 Å². The van der Waals surface area contributed by atoms with Gasteiger partial charge in [0.25, 0.3) is 10.0 Å². The van der Waals surface area contributed by atoms with Gasteiger partial charge in [0.15, 0.2) is 0 Å². The standard InChI is InChI=1S/C36H40ClN3O4S/c1-5-28(4)38-36(42)34(23-29-11-7-6-8-12-29)39(24-30-19-15-26(2)16-20-30)35(41)25-40(33-14-10-9-13-32(33)37)45(43,44)31-21-17-27(3)18-22-31/h6-22,28,34H,5,23-25H2,1-4H3,(H,38,42). The smallest absolute Gasteiger partial charge is 0.264 e. The number of hydrogen-bond donors (Lipinski definition) is 1. The first-order chi connectivity index (χ1) is 21.5. The Hall–Kier alpha value is -4.14. The summed E-state index contributed by atoms with van der Waals surface area (Å²) in [6.07, 6.45) is 0.961. The van der Waals surface area contributed by atoms with E-state index in [0.717, 1.165) is 26.6 Å². The lowest BCUT2D eigenvalue weighted by Crippen LogP contribution is -2.54. The minimum absolute atomic E-state index is 0.0289. The number of hydrogen-bond acceptors (Lipinski definition) is 4. The largest absolute Gasteiger partial charge is 0.352 e. The molecule has 2 atom stereocenters. The van der Waals surface area contributed by atoms with Crippen LogP contribution in [0.2, 0.25) is 5.02 Å². The Morgan fingerprint density at radius 2 is 1.38 bits per heavy atom. The Morgan fingerprint density at radius 1 is 0.800 bits per heavy atom. The highest BCUT2D eigenvalue weighted by Gasteiger charge is 2.35. The van der Waals surface area contributed by atoms with E-state index in [2.05, 4.69) is 5.32 Å². The monoisotopic (exact) mass is 645 g/mol. The van der Waals surface area contributed by atoms with Gasteiger partial charge in [0.05, 0.1) is 15.6 Å². The summed E-state index contributed by atoms with van der Waals surface area (Å²) < 4.78 is 29.3. The van der Waals surface area contributed by atoms with Gasteiger partial charge in [-0.1, -0.05) is 109 Å². The van der Waals surface area contributed by atoms with Crippen LogP contribution < -0.4 is 9.62 Å². The molecule has 0 bridgehead atoms. The van der Waals surface area contributed by atoms with Gasteiger partial charge in [-0.2, -0.15) is 0 Å². The van der Waals surface area contributed by atoms with Crippen LogP contribution in [0.15, 0.2) is 108 Å². The number of sulfonamides is 1. The molecule has 45 heavy (non-hydrogen) atoms. The zero-order valence-corrected chi connectivity index (χ0v) is 27.7. The summed E-state index contributed by atoms with van der Waals surface area (Å²) in [5.74, 6) is -0.842. The van der Waals surface area contributed by atoms with Gasteiger partial charge < -0.3 is 10.2 Å². The van der Waals surface area contributed by atoms with Crippen molar-refractivity contribution in [3.05, 3.63) is 130 Å². The molecule has 236 valence electrons. The van der Waals surface area contributed by atoms with Crippen LogP contribution in [0.3, 0.4) is 0 Å². The molecule has 7 nitrogen and oxygen atoms in total. The van der Waals surface area contributed by atoms with Crippen LogP contribution in [0, 0.1) is 13.8 Å². The Kier molecular flexibility index (Phi) is 11.4. The van der Waals surface area contributed by atoms with Crippen LogP contribution in [-0.2, 0) is 32.6 Å². The molecule has 4 rings (SSSR count). The molecule has 4 aromatic carbocycles. The third kappa shape index (κ3) is 8.74. The fraction of sp³-hybridized carbons (Fsp3) is 0.278. The average molecular weight is 646 g/mol. The van der Waals surface area contributed by atoms with Crippen molar-refractivity contribution in [2.45, 2.75) is 64.1 Å². The van der Waals surface area contributed by atoms with E-state index in [-0.39, 0.29) is 40.5 Å². The summed E-state index contributed by atoms with van der Waals surface area (Å²) >= 11 is 6.54. The summed E-state index contributed by atoms with van der Waals surface area (Å²) in [7, 11) is -4.23. The maximum Gasteiger partial charge on any atom is 0.264 e. The van der Waals surface area contributed by atoms with Crippen molar-refractivity contribution < 1.29 is 18.0 Å². The molecule has 0 saturated carbocycles. The molecule has 2 amide bonds. The van der Waals surface area contributed by atoms with Gasteiger partial charge >= 0.3 is 0 Å². The lowest BCUT2D eigenvalue weighted by molar-refractivity contribution is -0.140. The van der Waals surface area contributed by atoms with Crippen LogP contribution in [0.5, 0.6) is 0 Å². The van der Waals surface area contributed by atoms with Crippen LogP contribution in [0.4, 0.5) is 5.69 Å². The quantitative estimate of drug-likeness (QED) is 0.175. The maximum absolute atomic E-state index is 14.5. The highest BCUT2D eigenvalue weighted by atomic mass is 35.5. The molecule has 2 unspecified atom stereocenters. The summed E-state index contributed by atoms with van der Waals surface area (Å²) in [4.78, 5) is 30.0. The van der Waals surface area contributed by atoms with Gasteiger partial charge in [-0.3, -0.25) is 13.9 Å². The molecule has 0 spiro atoms. The zero-order valence-electron chi connectivity index (χ0n) is 26.1. The molecular formula is C36H40ClN3O4S. The van der Waals surface area contributed by atoms with Crippen molar-refractivity contribution in [1.29, 1.82) is 0 Å². The van der Waals surface area contributed by atoms with Crippen LogP contribution >= 0.6 is 11.6 Å². The summed E-state index contributed by atoms with van der Waals surface area (Å²) in [5, 5.41) is 3.23. The molecule has 9 heteroatoms. The molecule has 4 aromatic rings. The van der Waals surface area contributed by atoms with Gasteiger partial charge in [-0.05, 0) is 62.6 Å². The number of anilines is 1. The van der Waals surface area contributed by atoms with Crippen molar-refractivity contribution in [3.63, 3.8) is 0 Å². The summed E-state index contributed by atoms with van der Waals surface area (Å²) in [5.41, 5.74) is 3.82. The molecule has 0 heterocycles. The Morgan fingerprint density at radius 3 is 1.98 bits per heavy atom. The molecule has 0 radical (unpaired) electrons. The predicted octanol–water partition coefficient (Wildman–Crippen LogP) is 6.71. The second kappa shape index (κ2) is 15.2. The number of nitrogens with one attached hydrogen (secondary N) is 1. The van der Waals surface area contributed by atoms with Crippen molar-refractivity contribution in [2.75, 3.05) is 10.8 Å². The van der Waals surface area contributed by atoms with E-state index in [1.165, 1.54) is 17.0 Å². The lowest BCUT2D eigenvalue weighted by atomic mass is 10.0. The normalized spacial score (nSPS) is 12.6. The second-order valence-corrected chi connectivity index (χ2v) is 13.6. The number of aryl methyl sites for hydroxylation is 2. The molecule has 0 saturated heterocycles. The van der Waals surface area contributed by atoms with E-state index in [9.17, 15) is 18.0 Å². The van der Waals surface area contributed by atoms with E-state index < -0.39 is 28.5 Å². The van der Waals surface area contributed by atoms with Gasteiger partial charge in [0.2, 0.25) is 11.8 Å². The van der Waals surface area contributed by atoms with E-state index in [4.69, 9.17) is 11.6 Å². The average Bonchev–Trinajstić information content (AvgIpc) is 3.03. The third-order valence-electron chi connectivity index (χ3n) is 7.75. The second-order valence-electron chi connectivity index (χ2n) is 11.3. The molecule has 0 fully saturated rings. The Bertz CT molecular complexity index is 1690. The zero-order chi connectivity index (χ0) is 32.6. The minimum atomic E-state index is -4.23. The van der Waals surface area contributed by atoms with Crippen molar-refractivity contribution in [1.82, 2.24) is 10.2 Å². The lowest BCUT2D eigenvalue weighted by Gasteiger charge is -2.34. The number of nitrogens with zero attached hydrogens (tertiary/aromatic N) is 2. The third-order valence-corrected chi connectivity index (χ3v) is 9.85. The molecule has 1 N–H and O–H groups in total. The fourth-order valence-electron chi connectivity index (χ4n) is 4.89. The number of halogens is 1. The molecule has 0 aromatic heterocycles. The van der Waals surface area contributed by atoms with E-state index in [1.54, 1.807) is 36.4 Å². The summed E-state index contributed by atoms with van der Waals surface area (Å²) in [6.45, 7) is 7.27. The molecule has 0 aliphatic heterocycles. The first-order valence-electron chi connectivity index (χ1n) is 15.0. The highest BCUT2D eigenvalue weighted by Crippen LogP contribution is 2.31. The maximum atomic E-state index is 14.5. The Labute approximate surface area is 271 Å². The number of benzene rings is 4. The van der Waals surface area contributed by atoms with Crippen LogP contribution in [0.25, 0.3) is 0 Å².